The molecule has 0 aliphatic rings. The molecule has 0 aliphatic heterocycles. The SMILES string of the molecule is C=CCN(C(=O)C(C)C(N)c1ccccc1)C(C)(C)C. The van der Waals surface area contributed by atoms with Gasteiger partial charge in [-0.15, -0.1) is 6.58 Å². The van der Waals surface area contributed by atoms with Gasteiger partial charge in [0.25, 0.3) is 0 Å². The Hall–Kier alpha value is -1.61. The first-order chi connectivity index (χ1) is 9.29. The average molecular weight is 274 g/mol. The van der Waals surface area contributed by atoms with E-state index in [1.165, 1.54) is 0 Å². The number of hydrogen-bond donors (Lipinski definition) is 1. The molecule has 1 aromatic rings. The molecule has 1 rings (SSSR count). The standard InChI is InChI=1S/C17H26N2O/c1-6-12-19(17(3,4)5)16(20)13(2)15(18)14-10-8-7-9-11-14/h6-11,13,15H,1,12,18H2,2-5H3. The summed E-state index contributed by atoms with van der Waals surface area (Å²) in [6.45, 7) is 12.2. The van der Waals surface area contributed by atoms with Gasteiger partial charge in [0.2, 0.25) is 5.91 Å². The van der Waals surface area contributed by atoms with Gasteiger partial charge in [-0.25, -0.2) is 0 Å². The van der Waals surface area contributed by atoms with Gasteiger partial charge in [0.05, 0.1) is 5.92 Å². The molecule has 1 aromatic carbocycles. The van der Waals surface area contributed by atoms with E-state index in [1.807, 2.05) is 62.9 Å². The van der Waals surface area contributed by atoms with E-state index in [-0.39, 0.29) is 23.4 Å². The zero-order chi connectivity index (χ0) is 15.3. The summed E-state index contributed by atoms with van der Waals surface area (Å²) in [5.41, 5.74) is 6.99. The van der Waals surface area contributed by atoms with Gasteiger partial charge < -0.3 is 10.6 Å². The minimum atomic E-state index is -0.293. The molecular weight excluding hydrogens is 248 g/mol. The fourth-order valence-corrected chi connectivity index (χ4v) is 2.19. The van der Waals surface area contributed by atoms with Crippen LogP contribution < -0.4 is 5.73 Å². The van der Waals surface area contributed by atoms with Gasteiger partial charge in [-0.3, -0.25) is 4.79 Å². The molecule has 0 saturated heterocycles. The van der Waals surface area contributed by atoms with Crippen molar-refractivity contribution >= 4 is 5.91 Å². The van der Waals surface area contributed by atoms with Gasteiger partial charge in [-0.1, -0.05) is 43.3 Å². The molecule has 0 saturated carbocycles. The molecule has 20 heavy (non-hydrogen) atoms. The van der Waals surface area contributed by atoms with Crippen LogP contribution in [-0.4, -0.2) is 22.9 Å². The number of hydrogen-bond acceptors (Lipinski definition) is 2. The first-order valence-corrected chi connectivity index (χ1v) is 7.02. The number of amides is 1. The second-order valence-electron chi connectivity index (χ2n) is 6.13. The lowest BCUT2D eigenvalue weighted by Crippen LogP contribution is -2.49. The molecule has 2 N–H and O–H groups in total. The molecule has 3 nitrogen and oxygen atoms in total. The maximum atomic E-state index is 12.7. The van der Waals surface area contributed by atoms with E-state index in [9.17, 15) is 4.79 Å². The minimum Gasteiger partial charge on any atom is -0.334 e. The number of nitrogens with two attached hydrogens (primary N) is 1. The molecule has 0 radical (unpaired) electrons. The van der Waals surface area contributed by atoms with Crippen molar-refractivity contribution < 1.29 is 4.79 Å². The van der Waals surface area contributed by atoms with Crippen LogP contribution >= 0.6 is 0 Å². The molecule has 1 amide bonds. The lowest BCUT2D eigenvalue weighted by molar-refractivity contribution is -0.139. The maximum absolute atomic E-state index is 12.7. The second-order valence-corrected chi connectivity index (χ2v) is 6.13. The molecule has 0 spiro atoms. The highest BCUT2D eigenvalue weighted by Crippen LogP contribution is 2.24. The highest BCUT2D eigenvalue weighted by atomic mass is 16.2. The summed E-state index contributed by atoms with van der Waals surface area (Å²) in [4.78, 5) is 14.5. The van der Waals surface area contributed by atoms with Crippen molar-refractivity contribution in [1.82, 2.24) is 4.90 Å². The van der Waals surface area contributed by atoms with E-state index in [4.69, 9.17) is 5.73 Å². The second kappa shape index (κ2) is 6.71. The summed E-state index contributed by atoms with van der Waals surface area (Å²) < 4.78 is 0. The maximum Gasteiger partial charge on any atom is 0.228 e. The summed E-state index contributed by atoms with van der Waals surface area (Å²) in [6, 6.07) is 9.46. The van der Waals surface area contributed by atoms with Crippen LogP contribution in [0.2, 0.25) is 0 Å². The van der Waals surface area contributed by atoms with Crippen LogP contribution in [0.1, 0.15) is 39.3 Å². The molecule has 0 heterocycles. The highest BCUT2D eigenvalue weighted by Gasteiger charge is 2.31. The van der Waals surface area contributed by atoms with Crippen LogP contribution in [0.5, 0.6) is 0 Å². The van der Waals surface area contributed by atoms with Crippen molar-refractivity contribution in [3.05, 3.63) is 48.6 Å². The number of benzene rings is 1. The predicted molar refractivity (Wildman–Crippen MR) is 84.2 cm³/mol. The van der Waals surface area contributed by atoms with Crippen LogP contribution in [0.15, 0.2) is 43.0 Å². The Morgan fingerprint density at radius 3 is 2.35 bits per heavy atom. The number of carbonyl (C=O) groups is 1. The predicted octanol–water partition coefficient (Wildman–Crippen LogP) is 3.14. The molecule has 0 aromatic heterocycles. The Kier molecular flexibility index (Phi) is 5.52. The summed E-state index contributed by atoms with van der Waals surface area (Å²) in [5.74, 6) is -0.203. The number of carbonyl (C=O) groups excluding carboxylic acids is 1. The first kappa shape index (κ1) is 16.4. The van der Waals surface area contributed by atoms with Crippen LogP contribution in [0.25, 0.3) is 0 Å². The zero-order valence-corrected chi connectivity index (χ0v) is 13.0. The Bertz CT molecular complexity index is 448. The monoisotopic (exact) mass is 274 g/mol. The molecule has 0 bridgehead atoms. The average Bonchev–Trinajstić information content (AvgIpc) is 2.42. The smallest absolute Gasteiger partial charge is 0.228 e. The fourth-order valence-electron chi connectivity index (χ4n) is 2.19. The zero-order valence-electron chi connectivity index (χ0n) is 13.0. The van der Waals surface area contributed by atoms with E-state index in [1.54, 1.807) is 6.08 Å². The Balaban J connectivity index is 2.92. The Morgan fingerprint density at radius 2 is 1.90 bits per heavy atom. The Labute approximate surface area is 122 Å². The van der Waals surface area contributed by atoms with Gasteiger partial charge in [0.1, 0.15) is 0 Å². The van der Waals surface area contributed by atoms with E-state index < -0.39 is 0 Å². The van der Waals surface area contributed by atoms with Crippen LogP contribution in [0.4, 0.5) is 0 Å². The van der Waals surface area contributed by atoms with Gasteiger partial charge >= 0.3 is 0 Å². The molecule has 2 unspecified atom stereocenters. The van der Waals surface area contributed by atoms with E-state index in [0.717, 1.165) is 5.56 Å². The molecule has 3 heteroatoms. The van der Waals surface area contributed by atoms with Crippen LogP contribution in [0.3, 0.4) is 0 Å². The van der Waals surface area contributed by atoms with Crippen molar-refractivity contribution in [3.63, 3.8) is 0 Å². The summed E-state index contributed by atoms with van der Waals surface area (Å²) in [5, 5.41) is 0. The molecule has 110 valence electrons. The summed E-state index contributed by atoms with van der Waals surface area (Å²) in [7, 11) is 0. The van der Waals surface area contributed by atoms with Gasteiger partial charge in [-0.2, -0.15) is 0 Å². The third-order valence-electron chi connectivity index (χ3n) is 3.50. The van der Waals surface area contributed by atoms with Crippen molar-refractivity contribution in [2.75, 3.05) is 6.54 Å². The van der Waals surface area contributed by atoms with Crippen LogP contribution in [-0.2, 0) is 4.79 Å². The minimum absolute atomic E-state index is 0.0637. The van der Waals surface area contributed by atoms with E-state index in [0.29, 0.717) is 6.54 Å². The quantitative estimate of drug-likeness (QED) is 0.838. The fraction of sp³-hybridized carbons (Fsp3) is 0.471. The van der Waals surface area contributed by atoms with Gasteiger partial charge in [0, 0.05) is 18.1 Å². The number of rotatable bonds is 5. The molecule has 2 atom stereocenters. The van der Waals surface area contributed by atoms with Crippen LogP contribution in [0, 0.1) is 5.92 Å². The van der Waals surface area contributed by atoms with E-state index >= 15 is 0 Å². The van der Waals surface area contributed by atoms with Crippen molar-refractivity contribution in [2.45, 2.75) is 39.3 Å². The van der Waals surface area contributed by atoms with Gasteiger partial charge in [0.15, 0.2) is 0 Å². The molecule has 0 aliphatic carbocycles. The van der Waals surface area contributed by atoms with Crippen molar-refractivity contribution in [3.8, 4) is 0 Å². The highest BCUT2D eigenvalue weighted by molar-refractivity contribution is 5.80. The lowest BCUT2D eigenvalue weighted by Gasteiger charge is -2.38. The molecule has 0 fully saturated rings. The summed E-state index contributed by atoms with van der Waals surface area (Å²) >= 11 is 0. The first-order valence-electron chi connectivity index (χ1n) is 7.02. The van der Waals surface area contributed by atoms with Crippen molar-refractivity contribution in [2.24, 2.45) is 11.7 Å². The lowest BCUT2D eigenvalue weighted by atomic mass is 9.92. The third kappa shape index (κ3) is 3.94. The normalized spacial score (nSPS) is 14.4. The topological polar surface area (TPSA) is 46.3 Å². The van der Waals surface area contributed by atoms with E-state index in [2.05, 4.69) is 6.58 Å². The number of nitrogens with zero attached hydrogens (tertiary/aromatic N) is 1. The van der Waals surface area contributed by atoms with Crippen molar-refractivity contribution in [1.29, 1.82) is 0 Å². The molecular formula is C17H26N2O. The largest absolute Gasteiger partial charge is 0.334 e. The summed E-state index contributed by atoms with van der Waals surface area (Å²) in [6.07, 6.45) is 1.75. The Morgan fingerprint density at radius 1 is 1.35 bits per heavy atom. The third-order valence-corrected chi connectivity index (χ3v) is 3.50. The van der Waals surface area contributed by atoms with Gasteiger partial charge in [-0.05, 0) is 26.3 Å².